The lowest BCUT2D eigenvalue weighted by Crippen LogP contribution is -2.11. The van der Waals surface area contributed by atoms with Gasteiger partial charge in [-0.3, -0.25) is 9.59 Å². The molecule has 0 saturated carbocycles. The zero-order valence-corrected chi connectivity index (χ0v) is 16.9. The van der Waals surface area contributed by atoms with Crippen molar-refractivity contribution < 1.29 is 18.7 Å². The topological polar surface area (TPSA) is 86.4 Å². The summed E-state index contributed by atoms with van der Waals surface area (Å²) in [5.41, 5.74) is 2.05. The van der Waals surface area contributed by atoms with Gasteiger partial charge in [0.05, 0.1) is 12.9 Å². The highest BCUT2D eigenvalue weighted by atomic mass is 16.5. The molecule has 7 heteroatoms. The number of amides is 1. The average molecular weight is 415 g/mol. The minimum Gasteiger partial charge on any atom is -0.492 e. The Labute approximate surface area is 179 Å². The Morgan fingerprint density at radius 2 is 1.81 bits per heavy atom. The number of Topliss-reactive ketones (excluding diaryl/α,β-unsaturated/α-hetero) is 1. The molecule has 0 aliphatic carbocycles. The minimum atomic E-state index is -0.347. The predicted octanol–water partition coefficient (Wildman–Crippen LogP) is 4.68. The molecule has 0 aliphatic heterocycles. The van der Waals surface area contributed by atoms with Gasteiger partial charge in [0.2, 0.25) is 0 Å². The Morgan fingerprint density at radius 1 is 1.03 bits per heavy atom. The number of imidazole rings is 1. The summed E-state index contributed by atoms with van der Waals surface area (Å²) in [5, 5.41) is 2.81. The fourth-order valence-electron chi connectivity index (χ4n) is 3.00. The lowest BCUT2D eigenvalue weighted by atomic mass is 10.1. The number of hydrogen-bond donors (Lipinski definition) is 1. The lowest BCUT2D eigenvalue weighted by Gasteiger charge is -2.08. The molecular weight excluding hydrogens is 394 g/mol. The van der Waals surface area contributed by atoms with E-state index in [2.05, 4.69) is 10.3 Å². The van der Waals surface area contributed by atoms with Crippen LogP contribution in [0, 0.1) is 0 Å². The number of rotatable bonds is 8. The number of aromatic nitrogens is 2. The first-order valence-electron chi connectivity index (χ1n) is 9.80. The fourth-order valence-corrected chi connectivity index (χ4v) is 3.00. The summed E-state index contributed by atoms with van der Waals surface area (Å²) in [6, 6.07) is 17.6. The quantitative estimate of drug-likeness (QED) is 0.423. The Hall–Kier alpha value is -4.13. The first-order valence-corrected chi connectivity index (χ1v) is 9.80. The van der Waals surface area contributed by atoms with Crippen LogP contribution in [0.3, 0.4) is 0 Å². The van der Waals surface area contributed by atoms with Crippen molar-refractivity contribution in [3.8, 4) is 17.1 Å². The summed E-state index contributed by atoms with van der Waals surface area (Å²) >= 11 is 0. The largest absolute Gasteiger partial charge is 0.492 e. The van der Waals surface area contributed by atoms with Crippen LogP contribution in [0.4, 0.5) is 5.69 Å². The summed E-state index contributed by atoms with van der Waals surface area (Å²) < 4.78 is 13.3. The van der Waals surface area contributed by atoms with Gasteiger partial charge < -0.3 is 19.0 Å². The van der Waals surface area contributed by atoms with Crippen molar-refractivity contribution >= 4 is 17.4 Å². The molecule has 1 amide bonds. The van der Waals surface area contributed by atoms with Crippen LogP contribution in [0.25, 0.3) is 11.3 Å². The van der Waals surface area contributed by atoms with Gasteiger partial charge in [0.25, 0.3) is 5.91 Å². The minimum absolute atomic E-state index is 0.000630. The molecule has 2 aromatic carbocycles. The SMILES string of the molecule is CC(=O)c1ccc(-c2ccc(C(=O)Nc3ccc(OCCn4ccnc4)cc3)o2)cc1. The van der Waals surface area contributed by atoms with E-state index in [1.807, 2.05) is 10.8 Å². The first kappa shape index (κ1) is 20.2. The first-order chi connectivity index (χ1) is 15.1. The van der Waals surface area contributed by atoms with E-state index < -0.39 is 0 Å². The van der Waals surface area contributed by atoms with Crippen LogP contribution in [0.1, 0.15) is 27.8 Å². The van der Waals surface area contributed by atoms with E-state index in [-0.39, 0.29) is 17.5 Å². The Balaban J connectivity index is 1.33. The summed E-state index contributed by atoms with van der Waals surface area (Å²) in [4.78, 5) is 27.9. The Bertz CT molecular complexity index is 1160. The van der Waals surface area contributed by atoms with Crippen molar-refractivity contribution in [2.75, 3.05) is 11.9 Å². The monoisotopic (exact) mass is 415 g/mol. The van der Waals surface area contributed by atoms with Crippen molar-refractivity contribution in [2.45, 2.75) is 13.5 Å². The van der Waals surface area contributed by atoms with Gasteiger partial charge in [-0.1, -0.05) is 24.3 Å². The standard InChI is InChI=1S/C24H21N3O4/c1-17(28)18-2-4-19(5-3-18)22-10-11-23(31-22)24(29)26-20-6-8-21(9-7-20)30-15-14-27-13-12-25-16-27/h2-13,16H,14-15H2,1H3,(H,26,29). The summed E-state index contributed by atoms with van der Waals surface area (Å²) in [5.74, 6) is 1.13. The van der Waals surface area contributed by atoms with Crippen molar-refractivity contribution in [2.24, 2.45) is 0 Å². The second-order valence-electron chi connectivity index (χ2n) is 6.92. The molecule has 1 N–H and O–H groups in total. The number of furan rings is 1. The smallest absolute Gasteiger partial charge is 0.291 e. The molecular formula is C24H21N3O4. The summed E-state index contributed by atoms with van der Waals surface area (Å²) in [7, 11) is 0. The highest BCUT2D eigenvalue weighted by molar-refractivity contribution is 6.02. The fraction of sp³-hybridized carbons (Fsp3) is 0.125. The molecule has 7 nitrogen and oxygen atoms in total. The number of carbonyl (C=O) groups is 2. The van der Waals surface area contributed by atoms with E-state index in [0.717, 1.165) is 5.56 Å². The second-order valence-corrected chi connectivity index (χ2v) is 6.92. The maximum Gasteiger partial charge on any atom is 0.291 e. The van der Waals surface area contributed by atoms with Crippen LogP contribution in [0.2, 0.25) is 0 Å². The number of hydrogen-bond acceptors (Lipinski definition) is 5. The van der Waals surface area contributed by atoms with E-state index in [0.29, 0.717) is 35.9 Å². The number of anilines is 1. The van der Waals surface area contributed by atoms with E-state index >= 15 is 0 Å². The maximum atomic E-state index is 12.5. The zero-order chi connectivity index (χ0) is 21.6. The number of nitrogens with one attached hydrogen (secondary N) is 1. The van der Waals surface area contributed by atoms with E-state index in [1.165, 1.54) is 6.92 Å². The molecule has 0 aliphatic rings. The third-order valence-electron chi connectivity index (χ3n) is 4.70. The molecule has 0 unspecified atom stereocenters. The van der Waals surface area contributed by atoms with Crippen LogP contribution in [0.5, 0.6) is 5.75 Å². The van der Waals surface area contributed by atoms with Crippen LogP contribution in [-0.2, 0) is 6.54 Å². The molecule has 0 fully saturated rings. The van der Waals surface area contributed by atoms with Crippen molar-refractivity contribution in [1.29, 1.82) is 0 Å². The second kappa shape index (κ2) is 9.13. The van der Waals surface area contributed by atoms with E-state index in [1.54, 1.807) is 73.2 Å². The van der Waals surface area contributed by atoms with Crippen molar-refractivity contribution in [3.05, 3.63) is 90.7 Å². The molecule has 4 rings (SSSR count). The molecule has 31 heavy (non-hydrogen) atoms. The summed E-state index contributed by atoms with van der Waals surface area (Å²) in [6.45, 7) is 2.74. The van der Waals surface area contributed by atoms with E-state index in [4.69, 9.17) is 9.15 Å². The Morgan fingerprint density at radius 3 is 2.48 bits per heavy atom. The van der Waals surface area contributed by atoms with E-state index in [9.17, 15) is 9.59 Å². The molecule has 0 spiro atoms. The Kier molecular flexibility index (Phi) is 5.93. The molecule has 2 heterocycles. The van der Waals surface area contributed by atoms with Crippen LogP contribution in [-0.4, -0.2) is 27.8 Å². The van der Waals surface area contributed by atoms with Gasteiger partial charge in [0.15, 0.2) is 11.5 Å². The summed E-state index contributed by atoms with van der Waals surface area (Å²) in [6.07, 6.45) is 5.34. The normalized spacial score (nSPS) is 10.6. The third kappa shape index (κ3) is 5.08. The number of ketones is 1. The van der Waals surface area contributed by atoms with Crippen LogP contribution in [0.15, 0.2) is 83.8 Å². The average Bonchev–Trinajstić information content (AvgIpc) is 3.47. The van der Waals surface area contributed by atoms with Crippen molar-refractivity contribution in [3.63, 3.8) is 0 Å². The van der Waals surface area contributed by atoms with Gasteiger partial charge in [-0.05, 0) is 43.3 Å². The number of benzene rings is 2. The maximum absolute atomic E-state index is 12.5. The molecule has 156 valence electrons. The number of ether oxygens (including phenoxy) is 1. The van der Waals surface area contributed by atoms with Gasteiger partial charge >= 0.3 is 0 Å². The van der Waals surface area contributed by atoms with Crippen LogP contribution >= 0.6 is 0 Å². The molecule has 0 saturated heterocycles. The van der Waals surface area contributed by atoms with Gasteiger partial charge in [-0.25, -0.2) is 4.98 Å². The highest BCUT2D eigenvalue weighted by Crippen LogP contribution is 2.24. The predicted molar refractivity (Wildman–Crippen MR) is 116 cm³/mol. The van der Waals surface area contributed by atoms with Crippen molar-refractivity contribution in [1.82, 2.24) is 9.55 Å². The number of carbonyl (C=O) groups excluding carboxylic acids is 2. The third-order valence-corrected chi connectivity index (χ3v) is 4.70. The van der Waals surface area contributed by atoms with Crippen LogP contribution < -0.4 is 10.1 Å². The molecule has 0 radical (unpaired) electrons. The van der Waals surface area contributed by atoms with Gasteiger partial charge in [0.1, 0.15) is 18.1 Å². The zero-order valence-electron chi connectivity index (χ0n) is 16.9. The molecule has 4 aromatic rings. The molecule has 0 bridgehead atoms. The lowest BCUT2D eigenvalue weighted by molar-refractivity contribution is 0.0994. The number of nitrogens with zero attached hydrogens (tertiary/aromatic N) is 2. The highest BCUT2D eigenvalue weighted by Gasteiger charge is 2.13. The van der Waals surface area contributed by atoms with Gasteiger partial charge in [-0.15, -0.1) is 0 Å². The molecule has 0 atom stereocenters. The van der Waals surface area contributed by atoms with Gasteiger partial charge in [0, 0.05) is 29.2 Å². The van der Waals surface area contributed by atoms with Gasteiger partial charge in [-0.2, -0.15) is 0 Å². The molecule has 2 aromatic heterocycles.